The molecule has 4 amide bonds. The molecule has 3 aromatic rings. The molecule has 2 N–H and O–H groups in total. The van der Waals surface area contributed by atoms with E-state index in [4.69, 9.17) is 9.47 Å². The number of benzene rings is 1. The predicted molar refractivity (Wildman–Crippen MR) is 181 cm³/mol. The molecule has 0 spiro atoms. The van der Waals surface area contributed by atoms with Gasteiger partial charge in [-0.3, -0.25) is 24.2 Å². The van der Waals surface area contributed by atoms with Gasteiger partial charge in [0.05, 0.1) is 36.8 Å². The van der Waals surface area contributed by atoms with Gasteiger partial charge in [-0.05, 0) is 63.8 Å². The topological polar surface area (TPSA) is 140 Å². The largest absolute Gasteiger partial charge is 0.493 e. The van der Waals surface area contributed by atoms with Crippen LogP contribution in [-0.2, 0) is 23.7 Å². The molecular weight excluding hydrogens is 602 g/mol. The van der Waals surface area contributed by atoms with Gasteiger partial charge in [-0.1, -0.05) is 0 Å². The second-order valence-electron chi connectivity index (χ2n) is 11.5. The lowest BCUT2D eigenvalue weighted by Crippen LogP contribution is -2.31. The Bertz CT molecular complexity index is 1620. The molecule has 0 radical (unpaired) electrons. The molecule has 1 saturated heterocycles. The standard InChI is InChI=1S/C34H45N7O6/c1-7-40(8-2)34(45)29-17-25(21-39(29)5)37-33(44)28-16-24(20-38(28)4)36-32(43)12-10-14-47-31-18-27(23(3)15-30(31)46-6)35-19-26-11-9-13-41(26)22-42/h15-22,26H,7-14H2,1-6H3,(H,36,43)(H,37,44). The maximum atomic E-state index is 13.0. The van der Waals surface area contributed by atoms with Crippen molar-refractivity contribution in [2.75, 3.05) is 44.0 Å². The molecular formula is C34H45N7O6. The van der Waals surface area contributed by atoms with Crippen molar-refractivity contribution in [3.8, 4) is 11.5 Å². The Balaban J connectivity index is 1.29. The van der Waals surface area contributed by atoms with Gasteiger partial charge in [0.15, 0.2) is 11.5 Å². The molecule has 1 fully saturated rings. The van der Waals surface area contributed by atoms with Crippen LogP contribution in [0.25, 0.3) is 0 Å². The zero-order valence-corrected chi connectivity index (χ0v) is 28.0. The zero-order chi connectivity index (χ0) is 34.1. The molecule has 2 aromatic heterocycles. The first kappa shape index (κ1) is 34.8. The molecule has 1 unspecified atom stereocenters. The van der Waals surface area contributed by atoms with Crippen LogP contribution in [0.2, 0.25) is 0 Å². The number of rotatable bonds is 15. The summed E-state index contributed by atoms with van der Waals surface area (Å²) >= 11 is 0. The van der Waals surface area contributed by atoms with Crippen LogP contribution in [0.15, 0.2) is 41.7 Å². The SMILES string of the molecule is CCN(CC)C(=O)c1cc(NC(=O)c2cc(NC(=O)CCCOc3cc(N=CC4CCCN4C=O)c(C)cc3OC)cn2C)cn1C. The van der Waals surface area contributed by atoms with Gasteiger partial charge in [-0.15, -0.1) is 0 Å². The number of nitrogens with zero attached hydrogens (tertiary/aromatic N) is 5. The van der Waals surface area contributed by atoms with E-state index in [1.165, 1.54) is 0 Å². The van der Waals surface area contributed by atoms with Gasteiger partial charge < -0.3 is 39.0 Å². The first-order chi connectivity index (χ1) is 22.6. The van der Waals surface area contributed by atoms with Crippen LogP contribution in [0.4, 0.5) is 17.1 Å². The number of amides is 4. The van der Waals surface area contributed by atoms with E-state index in [2.05, 4.69) is 15.6 Å². The Morgan fingerprint density at radius 2 is 1.68 bits per heavy atom. The molecule has 0 saturated carbocycles. The third kappa shape index (κ3) is 8.60. The highest BCUT2D eigenvalue weighted by Crippen LogP contribution is 2.35. The first-order valence-electron chi connectivity index (χ1n) is 15.9. The van der Waals surface area contributed by atoms with E-state index >= 15 is 0 Å². The second-order valence-corrected chi connectivity index (χ2v) is 11.5. The molecule has 47 heavy (non-hydrogen) atoms. The molecule has 4 rings (SSSR count). The summed E-state index contributed by atoms with van der Waals surface area (Å²) in [4.78, 5) is 57.9. The Hall–Kier alpha value is -5.07. The number of aromatic nitrogens is 2. The Kier molecular flexibility index (Phi) is 11.8. The van der Waals surface area contributed by atoms with Crippen molar-refractivity contribution < 1.29 is 28.7 Å². The molecule has 0 bridgehead atoms. The number of hydrogen-bond donors (Lipinski definition) is 2. The smallest absolute Gasteiger partial charge is 0.272 e. The lowest BCUT2D eigenvalue weighted by Gasteiger charge is -2.18. The average molecular weight is 648 g/mol. The number of nitrogens with one attached hydrogen (secondary N) is 2. The van der Waals surface area contributed by atoms with Crippen LogP contribution in [0, 0.1) is 6.92 Å². The van der Waals surface area contributed by atoms with Crippen LogP contribution in [-0.4, -0.2) is 88.7 Å². The number of carbonyl (C=O) groups excluding carboxylic acids is 4. The Morgan fingerprint density at radius 1 is 1.00 bits per heavy atom. The van der Waals surface area contributed by atoms with Gasteiger partial charge >= 0.3 is 0 Å². The summed E-state index contributed by atoms with van der Waals surface area (Å²) in [5.41, 5.74) is 3.46. The minimum absolute atomic E-state index is 0.0152. The fourth-order valence-electron chi connectivity index (χ4n) is 5.54. The molecule has 13 heteroatoms. The number of hydrogen-bond acceptors (Lipinski definition) is 7. The van der Waals surface area contributed by atoms with Crippen LogP contribution < -0.4 is 20.1 Å². The van der Waals surface area contributed by atoms with E-state index in [0.717, 1.165) is 37.0 Å². The molecule has 1 aliphatic rings. The number of anilines is 2. The van der Waals surface area contributed by atoms with Crippen LogP contribution in [0.1, 0.15) is 66.1 Å². The van der Waals surface area contributed by atoms with Crippen molar-refractivity contribution >= 4 is 47.4 Å². The van der Waals surface area contributed by atoms with Gasteiger partial charge in [0.25, 0.3) is 11.8 Å². The van der Waals surface area contributed by atoms with E-state index in [1.54, 1.807) is 76.9 Å². The van der Waals surface area contributed by atoms with Crippen molar-refractivity contribution in [2.45, 2.75) is 52.5 Å². The third-order valence-electron chi connectivity index (χ3n) is 8.21. The summed E-state index contributed by atoms with van der Waals surface area (Å²) in [6, 6.07) is 6.91. The third-order valence-corrected chi connectivity index (χ3v) is 8.21. The number of likely N-dealkylation sites (tertiary alicyclic amines) is 1. The first-order valence-corrected chi connectivity index (χ1v) is 15.9. The van der Waals surface area contributed by atoms with E-state index in [-0.39, 0.29) is 36.8 Å². The Morgan fingerprint density at radius 3 is 2.36 bits per heavy atom. The second kappa shape index (κ2) is 16.0. The molecule has 1 atom stereocenters. The fourth-order valence-corrected chi connectivity index (χ4v) is 5.54. The molecule has 0 aliphatic carbocycles. The molecule has 1 aliphatic heterocycles. The quantitative estimate of drug-likeness (QED) is 0.141. The van der Waals surface area contributed by atoms with Crippen molar-refractivity contribution in [2.24, 2.45) is 19.1 Å². The average Bonchev–Trinajstić information content (AvgIpc) is 3.77. The number of aryl methyl sites for hydroxylation is 3. The normalized spacial score (nSPS) is 14.3. The zero-order valence-electron chi connectivity index (χ0n) is 28.0. The van der Waals surface area contributed by atoms with E-state index in [9.17, 15) is 19.2 Å². The van der Waals surface area contributed by atoms with Gasteiger partial charge in [0, 0.05) is 64.8 Å². The molecule has 252 valence electrons. The maximum absolute atomic E-state index is 13.0. The van der Waals surface area contributed by atoms with Gasteiger partial charge in [0.2, 0.25) is 12.3 Å². The van der Waals surface area contributed by atoms with Gasteiger partial charge in [-0.2, -0.15) is 0 Å². The van der Waals surface area contributed by atoms with Crippen LogP contribution in [0.5, 0.6) is 11.5 Å². The van der Waals surface area contributed by atoms with E-state index < -0.39 is 0 Å². The van der Waals surface area contributed by atoms with Crippen molar-refractivity contribution in [3.63, 3.8) is 0 Å². The summed E-state index contributed by atoms with van der Waals surface area (Å²) < 4.78 is 14.8. The van der Waals surface area contributed by atoms with E-state index in [0.29, 0.717) is 53.8 Å². The van der Waals surface area contributed by atoms with Crippen LogP contribution in [0.3, 0.4) is 0 Å². The van der Waals surface area contributed by atoms with Gasteiger partial charge in [-0.25, -0.2) is 0 Å². The van der Waals surface area contributed by atoms with E-state index in [1.807, 2.05) is 26.8 Å². The van der Waals surface area contributed by atoms with Crippen molar-refractivity contribution in [1.82, 2.24) is 18.9 Å². The summed E-state index contributed by atoms with van der Waals surface area (Å²) in [5, 5.41) is 5.68. The summed E-state index contributed by atoms with van der Waals surface area (Å²) in [5.74, 6) is 0.400. The highest BCUT2D eigenvalue weighted by molar-refractivity contribution is 6.05. The lowest BCUT2D eigenvalue weighted by atomic mass is 10.1. The molecule has 1 aromatic carbocycles. The summed E-state index contributed by atoms with van der Waals surface area (Å²) in [7, 11) is 5.05. The Labute approximate surface area is 275 Å². The number of aliphatic imine (C=N–C) groups is 1. The minimum Gasteiger partial charge on any atom is -0.493 e. The highest BCUT2D eigenvalue weighted by atomic mass is 16.5. The highest BCUT2D eigenvalue weighted by Gasteiger charge is 2.22. The maximum Gasteiger partial charge on any atom is 0.272 e. The minimum atomic E-state index is -0.367. The molecule has 13 nitrogen and oxygen atoms in total. The van der Waals surface area contributed by atoms with Gasteiger partial charge in [0.1, 0.15) is 11.4 Å². The summed E-state index contributed by atoms with van der Waals surface area (Å²) in [6.07, 6.45) is 8.52. The number of ether oxygens (including phenoxy) is 2. The van der Waals surface area contributed by atoms with Crippen LogP contribution >= 0.6 is 0 Å². The van der Waals surface area contributed by atoms with Crippen molar-refractivity contribution in [1.29, 1.82) is 0 Å². The predicted octanol–water partition coefficient (Wildman–Crippen LogP) is 4.54. The lowest BCUT2D eigenvalue weighted by molar-refractivity contribution is -0.118. The monoisotopic (exact) mass is 647 g/mol. The van der Waals surface area contributed by atoms with Crippen molar-refractivity contribution in [3.05, 3.63) is 53.6 Å². The fraction of sp³-hybridized carbons (Fsp3) is 0.441. The number of carbonyl (C=O) groups is 4. The summed E-state index contributed by atoms with van der Waals surface area (Å²) in [6.45, 7) is 7.97. The number of methoxy groups -OCH3 is 1. The molecule has 3 heterocycles.